The van der Waals surface area contributed by atoms with E-state index in [0.717, 1.165) is 23.2 Å². The van der Waals surface area contributed by atoms with Gasteiger partial charge < -0.3 is 10.6 Å². The molecule has 168 valence electrons. The van der Waals surface area contributed by atoms with E-state index in [-0.39, 0.29) is 11.8 Å². The number of amides is 2. The Labute approximate surface area is 190 Å². The molecule has 2 N–H and O–H groups in total. The third-order valence-corrected chi connectivity index (χ3v) is 5.21. The zero-order chi connectivity index (χ0) is 23.0. The SMILES string of the molecule is CC(C)(C)C(=O)NCCCC(=O)NCc1ccccc1-c1ccc(Cn2cccn2)cc1. The molecule has 0 radical (unpaired) electrons. The summed E-state index contributed by atoms with van der Waals surface area (Å²) in [5.74, 6) is -0.0122. The highest BCUT2D eigenvalue weighted by molar-refractivity contribution is 5.81. The van der Waals surface area contributed by atoms with Crippen molar-refractivity contribution in [3.05, 3.63) is 78.1 Å². The summed E-state index contributed by atoms with van der Waals surface area (Å²) in [6.07, 6.45) is 4.73. The number of nitrogens with zero attached hydrogens (tertiary/aromatic N) is 2. The molecule has 0 fully saturated rings. The Balaban J connectivity index is 1.52. The smallest absolute Gasteiger partial charge is 0.225 e. The van der Waals surface area contributed by atoms with Crippen LogP contribution in [0.1, 0.15) is 44.7 Å². The summed E-state index contributed by atoms with van der Waals surface area (Å²) in [6, 6.07) is 18.5. The Morgan fingerprint density at radius 3 is 2.41 bits per heavy atom. The van der Waals surface area contributed by atoms with Gasteiger partial charge in [-0.3, -0.25) is 14.3 Å². The van der Waals surface area contributed by atoms with Gasteiger partial charge >= 0.3 is 0 Å². The lowest BCUT2D eigenvalue weighted by molar-refractivity contribution is -0.128. The number of carbonyl (C=O) groups is 2. The number of benzene rings is 2. The molecule has 32 heavy (non-hydrogen) atoms. The van der Waals surface area contributed by atoms with Crippen LogP contribution < -0.4 is 10.6 Å². The van der Waals surface area contributed by atoms with Crippen LogP contribution in [0.3, 0.4) is 0 Å². The first-order valence-corrected chi connectivity index (χ1v) is 11.0. The van der Waals surface area contributed by atoms with Crippen molar-refractivity contribution in [1.29, 1.82) is 0 Å². The molecule has 3 aromatic rings. The van der Waals surface area contributed by atoms with Gasteiger partial charge in [-0.1, -0.05) is 69.3 Å². The molecule has 0 aliphatic heterocycles. The second-order valence-corrected chi connectivity index (χ2v) is 8.94. The van der Waals surface area contributed by atoms with Gasteiger partial charge in [-0.25, -0.2) is 0 Å². The first-order valence-electron chi connectivity index (χ1n) is 11.0. The van der Waals surface area contributed by atoms with Gasteiger partial charge in [0.2, 0.25) is 11.8 Å². The fraction of sp³-hybridized carbons (Fsp3) is 0.346. The predicted octanol–water partition coefficient (Wildman–Crippen LogP) is 4.16. The molecule has 0 atom stereocenters. The normalized spacial score (nSPS) is 11.2. The molecule has 0 saturated heterocycles. The van der Waals surface area contributed by atoms with E-state index in [9.17, 15) is 9.59 Å². The quantitative estimate of drug-likeness (QED) is 0.499. The summed E-state index contributed by atoms with van der Waals surface area (Å²) >= 11 is 0. The van der Waals surface area contributed by atoms with E-state index in [1.807, 2.05) is 55.9 Å². The zero-order valence-electron chi connectivity index (χ0n) is 19.1. The van der Waals surface area contributed by atoms with E-state index in [1.54, 1.807) is 6.20 Å². The second kappa shape index (κ2) is 10.8. The van der Waals surface area contributed by atoms with Crippen molar-refractivity contribution in [3.63, 3.8) is 0 Å². The molecule has 6 heteroatoms. The maximum Gasteiger partial charge on any atom is 0.225 e. The number of carbonyl (C=O) groups excluding carboxylic acids is 2. The van der Waals surface area contributed by atoms with Crippen LogP contribution in [0.15, 0.2) is 67.0 Å². The number of hydrogen-bond donors (Lipinski definition) is 2. The molecule has 2 amide bonds. The topological polar surface area (TPSA) is 76.0 Å². The molecule has 0 aliphatic rings. The second-order valence-electron chi connectivity index (χ2n) is 8.94. The summed E-state index contributed by atoms with van der Waals surface area (Å²) in [6.45, 7) is 7.34. The molecule has 6 nitrogen and oxygen atoms in total. The van der Waals surface area contributed by atoms with Crippen LogP contribution in [0, 0.1) is 5.41 Å². The van der Waals surface area contributed by atoms with Crippen LogP contribution in [-0.2, 0) is 22.7 Å². The van der Waals surface area contributed by atoms with Crippen LogP contribution in [0.4, 0.5) is 0 Å². The third-order valence-electron chi connectivity index (χ3n) is 5.21. The molecule has 0 saturated carbocycles. The maximum atomic E-state index is 12.3. The van der Waals surface area contributed by atoms with Gasteiger partial charge in [-0.2, -0.15) is 5.10 Å². The van der Waals surface area contributed by atoms with Crippen molar-refractivity contribution < 1.29 is 9.59 Å². The van der Waals surface area contributed by atoms with Gasteiger partial charge in [0.05, 0.1) is 6.54 Å². The fourth-order valence-electron chi connectivity index (χ4n) is 3.33. The van der Waals surface area contributed by atoms with Crippen molar-refractivity contribution in [3.8, 4) is 11.1 Å². The van der Waals surface area contributed by atoms with Crippen molar-refractivity contribution in [2.75, 3.05) is 6.54 Å². The zero-order valence-corrected chi connectivity index (χ0v) is 19.1. The fourth-order valence-corrected chi connectivity index (χ4v) is 3.33. The van der Waals surface area contributed by atoms with Gasteiger partial charge in [-0.15, -0.1) is 0 Å². The average Bonchev–Trinajstić information content (AvgIpc) is 3.28. The number of aromatic nitrogens is 2. The van der Waals surface area contributed by atoms with Crippen LogP contribution >= 0.6 is 0 Å². The van der Waals surface area contributed by atoms with Crippen LogP contribution in [0.2, 0.25) is 0 Å². The Hall–Kier alpha value is -3.41. The average molecular weight is 433 g/mol. The minimum absolute atomic E-state index is 0.00229. The highest BCUT2D eigenvalue weighted by atomic mass is 16.2. The summed E-state index contributed by atoms with van der Waals surface area (Å²) in [7, 11) is 0. The van der Waals surface area contributed by atoms with Gasteiger partial charge in [-0.05, 0) is 34.7 Å². The van der Waals surface area contributed by atoms with E-state index in [2.05, 4.69) is 46.1 Å². The lowest BCUT2D eigenvalue weighted by atomic mass is 9.96. The minimum atomic E-state index is -0.413. The first-order chi connectivity index (χ1) is 15.3. The molecular weight excluding hydrogens is 400 g/mol. The molecule has 0 spiro atoms. The van der Waals surface area contributed by atoms with E-state index in [4.69, 9.17) is 0 Å². The van der Waals surface area contributed by atoms with E-state index >= 15 is 0 Å². The number of nitrogens with one attached hydrogen (secondary N) is 2. The van der Waals surface area contributed by atoms with Gasteiger partial charge in [0, 0.05) is 37.3 Å². The highest BCUT2D eigenvalue weighted by Crippen LogP contribution is 2.24. The van der Waals surface area contributed by atoms with Crippen molar-refractivity contribution in [2.24, 2.45) is 5.41 Å². The molecule has 2 aromatic carbocycles. The van der Waals surface area contributed by atoms with Crippen molar-refractivity contribution in [2.45, 2.75) is 46.7 Å². The first kappa shape index (κ1) is 23.3. The largest absolute Gasteiger partial charge is 0.356 e. The summed E-state index contributed by atoms with van der Waals surface area (Å²) in [4.78, 5) is 24.1. The van der Waals surface area contributed by atoms with Gasteiger partial charge in [0.1, 0.15) is 0 Å². The summed E-state index contributed by atoms with van der Waals surface area (Å²) in [5, 5.41) is 10.1. The van der Waals surface area contributed by atoms with Gasteiger partial charge in [0.15, 0.2) is 0 Å². The number of rotatable bonds is 9. The standard InChI is InChI=1S/C26H32N4O2/c1-26(2,3)25(32)27-15-6-10-24(31)28-18-22-8-4-5-9-23(22)21-13-11-20(12-14-21)19-30-17-7-16-29-30/h4-5,7-9,11-14,16-17H,6,10,15,18-19H2,1-3H3,(H,27,32)(H,28,31). The minimum Gasteiger partial charge on any atom is -0.356 e. The summed E-state index contributed by atoms with van der Waals surface area (Å²) < 4.78 is 1.90. The monoisotopic (exact) mass is 432 g/mol. The molecule has 3 rings (SSSR count). The third kappa shape index (κ3) is 6.80. The lowest BCUT2D eigenvalue weighted by Crippen LogP contribution is -2.35. The molecule has 0 bridgehead atoms. The Bertz CT molecular complexity index is 1020. The molecular formula is C26H32N4O2. The molecule has 0 aliphatic carbocycles. The molecule has 0 unspecified atom stereocenters. The van der Waals surface area contributed by atoms with Gasteiger partial charge in [0.25, 0.3) is 0 Å². The van der Waals surface area contributed by atoms with Crippen molar-refractivity contribution >= 4 is 11.8 Å². The van der Waals surface area contributed by atoms with E-state index < -0.39 is 5.41 Å². The van der Waals surface area contributed by atoms with Crippen molar-refractivity contribution in [1.82, 2.24) is 20.4 Å². The van der Waals surface area contributed by atoms with E-state index in [0.29, 0.717) is 25.9 Å². The van der Waals surface area contributed by atoms with Crippen LogP contribution in [0.25, 0.3) is 11.1 Å². The Morgan fingerprint density at radius 1 is 0.969 bits per heavy atom. The predicted molar refractivity (Wildman–Crippen MR) is 127 cm³/mol. The Kier molecular flexibility index (Phi) is 7.82. The Morgan fingerprint density at radius 2 is 1.72 bits per heavy atom. The van der Waals surface area contributed by atoms with E-state index in [1.165, 1.54) is 5.56 Å². The lowest BCUT2D eigenvalue weighted by Gasteiger charge is -2.17. The van der Waals surface area contributed by atoms with Crippen LogP contribution in [-0.4, -0.2) is 28.1 Å². The highest BCUT2D eigenvalue weighted by Gasteiger charge is 2.20. The maximum absolute atomic E-state index is 12.3. The summed E-state index contributed by atoms with van der Waals surface area (Å²) in [5.41, 5.74) is 4.06. The number of hydrogen-bond acceptors (Lipinski definition) is 3. The molecule has 1 heterocycles. The molecule has 1 aromatic heterocycles. The van der Waals surface area contributed by atoms with Crippen LogP contribution in [0.5, 0.6) is 0 Å².